The van der Waals surface area contributed by atoms with Gasteiger partial charge in [0.1, 0.15) is 11.5 Å². The van der Waals surface area contributed by atoms with Gasteiger partial charge in [0.2, 0.25) is 10.0 Å². The van der Waals surface area contributed by atoms with E-state index in [1.54, 1.807) is 13.1 Å². The zero-order valence-electron chi connectivity index (χ0n) is 18.0. The average molecular weight is 479 g/mol. The highest BCUT2D eigenvalue weighted by atomic mass is 35.5. The molecule has 1 amide bonds. The van der Waals surface area contributed by atoms with E-state index in [-0.39, 0.29) is 27.5 Å². The van der Waals surface area contributed by atoms with Crippen LogP contribution in [0.25, 0.3) is 0 Å². The lowest BCUT2D eigenvalue weighted by molar-refractivity contribution is 0.0521. The van der Waals surface area contributed by atoms with E-state index in [1.165, 1.54) is 21.3 Å². The van der Waals surface area contributed by atoms with E-state index < -0.39 is 10.0 Å². The number of nitrogens with zero attached hydrogens (tertiary/aromatic N) is 2. The van der Waals surface area contributed by atoms with Crippen LogP contribution in [0.2, 0.25) is 5.02 Å². The number of amides is 1. The fourth-order valence-electron chi connectivity index (χ4n) is 4.02. The lowest BCUT2D eigenvalue weighted by Gasteiger charge is -2.29. The van der Waals surface area contributed by atoms with E-state index in [2.05, 4.69) is 0 Å². The number of para-hydroxylation sites is 2. The molecule has 2 aromatic rings. The number of ether oxygens (including phenoxy) is 2. The molecule has 2 aliphatic rings. The van der Waals surface area contributed by atoms with Gasteiger partial charge in [-0.05, 0) is 43.2 Å². The summed E-state index contributed by atoms with van der Waals surface area (Å²) in [5, 5.41) is 0.120. The number of likely N-dealkylation sites (N-methyl/N-ethyl adjacent to an activating group) is 1. The van der Waals surface area contributed by atoms with Gasteiger partial charge in [0.25, 0.3) is 5.91 Å². The van der Waals surface area contributed by atoms with Crippen LogP contribution in [0.5, 0.6) is 11.5 Å². The van der Waals surface area contributed by atoms with Crippen LogP contribution in [-0.4, -0.2) is 62.9 Å². The highest BCUT2D eigenvalue weighted by Crippen LogP contribution is 2.31. The first-order chi connectivity index (χ1) is 15.4. The number of sulfonamides is 1. The summed E-state index contributed by atoms with van der Waals surface area (Å²) in [4.78, 5) is 14.5. The predicted molar refractivity (Wildman–Crippen MR) is 122 cm³/mol. The summed E-state index contributed by atoms with van der Waals surface area (Å²) in [5.74, 6) is 1.01. The summed E-state index contributed by atoms with van der Waals surface area (Å²) >= 11 is 6.26. The van der Waals surface area contributed by atoms with Crippen LogP contribution in [0.3, 0.4) is 0 Å². The molecule has 2 heterocycles. The van der Waals surface area contributed by atoms with Crippen LogP contribution in [0.15, 0.2) is 47.4 Å². The third kappa shape index (κ3) is 4.87. The Morgan fingerprint density at radius 1 is 1.09 bits per heavy atom. The molecule has 0 spiro atoms. The van der Waals surface area contributed by atoms with Gasteiger partial charge in [0.05, 0.1) is 11.6 Å². The number of hydrogen-bond acceptors (Lipinski definition) is 5. The fraction of sp³-hybridized carbons (Fsp3) is 0.435. The van der Waals surface area contributed by atoms with E-state index in [4.69, 9.17) is 21.1 Å². The van der Waals surface area contributed by atoms with Crippen molar-refractivity contribution in [2.75, 3.05) is 33.3 Å². The number of halogens is 1. The van der Waals surface area contributed by atoms with Crippen molar-refractivity contribution in [2.45, 2.75) is 36.7 Å². The average Bonchev–Trinajstić information content (AvgIpc) is 3.09. The van der Waals surface area contributed by atoms with Gasteiger partial charge in [0, 0.05) is 25.7 Å². The van der Waals surface area contributed by atoms with Crippen LogP contribution in [0.4, 0.5) is 0 Å². The van der Waals surface area contributed by atoms with Crippen LogP contribution >= 0.6 is 11.6 Å². The minimum absolute atomic E-state index is 0.0218. The lowest BCUT2D eigenvalue weighted by atomic mass is 10.2. The van der Waals surface area contributed by atoms with Crippen LogP contribution < -0.4 is 9.47 Å². The van der Waals surface area contributed by atoms with Crippen molar-refractivity contribution in [3.05, 3.63) is 53.1 Å². The largest absolute Gasteiger partial charge is 0.486 e. The number of carbonyl (C=O) groups is 1. The van der Waals surface area contributed by atoms with Gasteiger partial charge in [-0.15, -0.1) is 0 Å². The van der Waals surface area contributed by atoms with Crippen molar-refractivity contribution in [2.24, 2.45) is 0 Å². The van der Waals surface area contributed by atoms with Crippen LogP contribution in [-0.2, 0) is 10.0 Å². The standard InChI is InChI=1S/C23H27ClN2O5S/c1-25(15-18-16-30-20-8-4-5-9-21(20)31-18)23(27)17-10-11-19(24)22(14-17)32(28,29)26-12-6-2-3-7-13-26/h4-5,8-11,14,18H,2-3,6-7,12-13,15-16H2,1H3/t18-/m1/s1. The second kappa shape index (κ2) is 9.68. The van der Waals surface area contributed by atoms with Crippen LogP contribution in [0, 0.1) is 0 Å². The van der Waals surface area contributed by atoms with Gasteiger partial charge in [0.15, 0.2) is 17.6 Å². The molecule has 1 saturated heterocycles. The highest BCUT2D eigenvalue weighted by molar-refractivity contribution is 7.89. The molecule has 32 heavy (non-hydrogen) atoms. The molecule has 1 atom stereocenters. The minimum Gasteiger partial charge on any atom is -0.486 e. The van der Waals surface area contributed by atoms with Gasteiger partial charge in [-0.2, -0.15) is 4.31 Å². The Bertz CT molecular complexity index is 1080. The van der Waals surface area contributed by atoms with E-state index in [9.17, 15) is 13.2 Å². The van der Waals surface area contributed by atoms with Gasteiger partial charge in [-0.25, -0.2) is 8.42 Å². The van der Waals surface area contributed by atoms with E-state index in [1.807, 2.05) is 24.3 Å². The molecule has 0 N–H and O–H groups in total. The van der Waals surface area contributed by atoms with Gasteiger partial charge >= 0.3 is 0 Å². The molecular weight excluding hydrogens is 452 g/mol. The molecule has 0 aromatic heterocycles. The number of hydrogen-bond donors (Lipinski definition) is 0. The number of benzene rings is 2. The Morgan fingerprint density at radius 3 is 2.50 bits per heavy atom. The van der Waals surface area contributed by atoms with Crippen molar-refractivity contribution in [1.29, 1.82) is 0 Å². The molecule has 172 valence electrons. The van der Waals surface area contributed by atoms with Gasteiger partial charge in [-0.3, -0.25) is 4.79 Å². The summed E-state index contributed by atoms with van der Waals surface area (Å²) in [7, 11) is -2.12. The van der Waals surface area contributed by atoms with E-state index in [0.717, 1.165) is 25.7 Å². The van der Waals surface area contributed by atoms with Crippen molar-refractivity contribution >= 4 is 27.5 Å². The maximum Gasteiger partial charge on any atom is 0.253 e. The summed E-state index contributed by atoms with van der Waals surface area (Å²) in [6, 6.07) is 11.8. The third-order valence-corrected chi connectivity index (χ3v) is 8.13. The maximum atomic E-state index is 13.2. The van der Waals surface area contributed by atoms with E-state index in [0.29, 0.717) is 37.7 Å². The molecule has 4 rings (SSSR count). The monoisotopic (exact) mass is 478 g/mol. The number of rotatable bonds is 5. The minimum atomic E-state index is -3.77. The summed E-state index contributed by atoms with van der Waals surface area (Å²) in [6.07, 6.45) is 3.35. The van der Waals surface area contributed by atoms with Crippen molar-refractivity contribution in [1.82, 2.24) is 9.21 Å². The highest BCUT2D eigenvalue weighted by Gasteiger charge is 2.29. The van der Waals surface area contributed by atoms with Crippen molar-refractivity contribution in [3.63, 3.8) is 0 Å². The first-order valence-electron chi connectivity index (χ1n) is 10.8. The van der Waals surface area contributed by atoms with Gasteiger partial charge in [-0.1, -0.05) is 36.6 Å². The molecule has 0 saturated carbocycles. The summed E-state index contributed by atoms with van der Waals surface area (Å²) in [5.41, 5.74) is 0.266. The predicted octanol–water partition coefficient (Wildman–Crippen LogP) is 3.82. The zero-order valence-corrected chi connectivity index (χ0v) is 19.6. The Kier molecular flexibility index (Phi) is 6.93. The smallest absolute Gasteiger partial charge is 0.253 e. The molecule has 2 aliphatic heterocycles. The van der Waals surface area contributed by atoms with Crippen LogP contribution in [0.1, 0.15) is 36.0 Å². The Morgan fingerprint density at radius 2 is 1.78 bits per heavy atom. The Balaban J connectivity index is 1.49. The molecule has 9 heteroatoms. The van der Waals surface area contributed by atoms with E-state index >= 15 is 0 Å². The number of carbonyl (C=O) groups excluding carboxylic acids is 1. The normalized spacial score (nSPS) is 19.2. The molecular formula is C23H27ClN2O5S. The second-order valence-corrected chi connectivity index (χ2v) is 10.5. The Labute approximate surface area is 193 Å². The molecule has 2 aromatic carbocycles. The molecule has 0 bridgehead atoms. The van der Waals surface area contributed by atoms with Crippen molar-refractivity contribution < 1.29 is 22.7 Å². The summed E-state index contributed by atoms with van der Waals surface area (Å²) in [6.45, 7) is 1.56. The van der Waals surface area contributed by atoms with Crippen molar-refractivity contribution in [3.8, 4) is 11.5 Å². The Hall–Kier alpha value is -2.29. The molecule has 0 aliphatic carbocycles. The summed E-state index contributed by atoms with van der Waals surface area (Å²) < 4.78 is 39.6. The van der Waals surface area contributed by atoms with Gasteiger partial charge < -0.3 is 14.4 Å². The lowest BCUT2D eigenvalue weighted by Crippen LogP contribution is -2.41. The first-order valence-corrected chi connectivity index (χ1v) is 12.6. The molecule has 1 fully saturated rings. The SMILES string of the molecule is CN(C[C@@H]1COc2ccccc2O1)C(=O)c1ccc(Cl)c(S(=O)(=O)N2CCCCCC2)c1. The third-order valence-electron chi connectivity index (χ3n) is 5.75. The quantitative estimate of drug-likeness (QED) is 0.653. The fourth-order valence-corrected chi connectivity index (χ4v) is 6.03. The number of fused-ring (bicyclic) bond motifs is 1. The topological polar surface area (TPSA) is 76.1 Å². The second-order valence-electron chi connectivity index (χ2n) is 8.15. The maximum absolute atomic E-state index is 13.2. The molecule has 0 unspecified atom stereocenters. The first kappa shape index (κ1) is 22.9. The zero-order chi connectivity index (χ0) is 22.7. The molecule has 7 nitrogen and oxygen atoms in total. The molecule has 0 radical (unpaired) electrons.